The molecule has 0 radical (unpaired) electrons. The van der Waals surface area contributed by atoms with Crippen molar-refractivity contribution in [1.29, 1.82) is 0 Å². The summed E-state index contributed by atoms with van der Waals surface area (Å²) in [7, 11) is 0. The summed E-state index contributed by atoms with van der Waals surface area (Å²) in [6.07, 6.45) is 25.2. The smallest absolute Gasteiger partial charge is 0.0266 e. The summed E-state index contributed by atoms with van der Waals surface area (Å²) in [5, 5.41) is 0. The predicted molar refractivity (Wildman–Crippen MR) is 308 cm³/mol. The zero-order valence-electron chi connectivity index (χ0n) is 41.7. The van der Waals surface area contributed by atoms with E-state index in [1.807, 2.05) is 57.2 Å². The van der Waals surface area contributed by atoms with Crippen molar-refractivity contribution in [2.75, 3.05) is 0 Å². The van der Waals surface area contributed by atoms with Crippen molar-refractivity contribution >= 4 is 16.7 Å². The highest BCUT2D eigenvalue weighted by Gasteiger charge is 2.24. The van der Waals surface area contributed by atoms with Gasteiger partial charge in [-0.05, 0) is 164 Å². The molecule has 2 N–H and O–H groups in total. The Kier molecular flexibility index (Phi) is 17.6. The second-order valence-corrected chi connectivity index (χ2v) is 18.2. The van der Waals surface area contributed by atoms with Crippen LogP contribution >= 0.6 is 0 Å². The molecule has 0 heterocycles. The minimum absolute atomic E-state index is 0.159. The Morgan fingerprint density at radius 2 is 1.18 bits per heavy atom. The van der Waals surface area contributed by atoms with Crippen LogP contribution in [0.4, 0.5) is 0 Å². The van der Waals surface area contributed by atoms with Crippen molar-refractivity contribution < 1.29 is 0 Å². The number of hydrogen-bond donors (Lipinski definition) is 1. The van der Waals surface area contributed by atoms with E-state index in [2.05, 4.69) is 225 Å². The molecule has 0 saturated carbocycles. The maximum atomic E-state index is 5.61. The highest BCUT2D eigenvalue weighted by Crippen LogP contribution is 2.46. The van der Waals surface area contributed by atoms with Crippen LogP contribution in [0.2, 0.25) is 0 Å². The Balaban J connectivity index is 0.000000550. The second-order valence-electron chi connectivity index (χ2n) is 18.2. The van der Waals surface area contributed by atoms with E-state index < -0.39 is 0 Å². The van der Waals surface area contributed by atoms with Gasteiger partial charge in [0.1, 0.15) is 0 Å². The molecule has 0 fully saturated rings. The Morgan fingerprint density at radius 3 is 1.83 bits per heavy atom. The lowest BCUT2D eigenvalue weighted by Crippen LogP contribution is -2.04. The first-order valence-electron chi connectivity index (χ1n) is 25.5. The molecule has 1 nitrogen and oxygen atoms in total. The van der Waals surface area contributed by atoms with Crippen LogP contribution in [0.5, 0.6) is 0 Å². The largest absolute Gasteiger partial charge is 0.324 e. The number of hydrogen-bond acceptors (Lipinski definition) is 1. The van der Waals surface area contributed by atoms with E-state index in [1.54, 1.807) is 0 Å². The van der Waals surface area contributed by atoms with Crippen LogP contribution in [0, 0.1) is 5.92 Å². The van der Waals surface area contributed by atoms with Gasteiger partial charge in [0.15, 0.2) is 0 Å². The first-order valence-corrected chi connectivity index (χ1v) is 25.5. The third kappa shape index (κ3) is 13.3. The lowest BCUT2D eigenvalue weighted by atomic mass is 9.89. The molecule has 2 unspecified atom stereocenters. The zero-order valence-corrected chi connectivity index (χ0v) is 41.7. The molecule has 0 aromatic heterocycles. The van der Waals surface area contributed by atoms with Gasteiger partial charge in [-0.25, -0.2) is 0 Å². The van der Waals surface area contributed by atoms with Crippen LogP contribution < -0.4 is 5.73 Å². The number of benzene rings is 7. The van der Waals surface area contributed by atoms with Gasteiger partial charge in [-0.15, -0.1) is 0 Å². The van der Waals surface area contributed by atoms with Gasteiger partial charge in [0.2, 0.25) is 0 Å². The minimum Gasteiger partial charge on any atom is -0.324 e. The van der Waals surface area contributed by atoms with E-state index >= 15 is 0 Å². The molecule has 3 aliphatic carbocycles. The summed E-state index contributed by atoms with van der Waals surface area (Å²) >= 11 is 0. The van der Waals surface area contributed by atoms with Crippen LogP contribution in [0.3, 0.4) is 0 Å². The maximum absolute atomic E-state index is 5.61. The van der Waals surface area contributed by atoms with Gasteiger partial charge in [-0.2, -0.15) is 0 Å². The monoisotopic (exact) mass is 922 g/mol. The standard InChI is InChI=1S/C60H50.C8H11N.C2H6/c1-2-14-49(50-20-8-4-9-21-50)34-29-47(39-48-30-35-52(36-31-48)51-22-10-5-11-23-51)26-25-45-27-32-53(33-28-45)54-37-38-58-56-41-55(42-56)57-24-13-19-46(40-59(57)60(58)43-54)18-12-17-44-15-6-3-7-16-44;1-7(9)8-5-3-2-4-6-8;1-2/h2-16,18-23,27-38,40-43,47H,1,17,24-26,39H2;2-7H,9H2,1H3;1-2H3/b18-12+,34-29-,49-14+;;. The molecule has 0 spiro atoms. The van der Waals surface area contributed by atoms with Gasteiger partial charge in [-0.1, -0.05) is 251 Å². The fraction of sp³-hybridized carbons (Fsp3) is 0.143. The minimum atomic E-state index is 0.159. The normalized spacial score (nSPS) is 13.7. The van der Waals surface area contributed by atoms with Crippen molar-refractivity contribution in [3.05, 3.63) is 306 Å². The SMILES string of the molecule is C=C/C=C(\C=C/C(CCc1ccc(-c2ccc3c(c2)C2=C(CC=CC(/C=C/Cc4ccccc4)=C2)c2cc-3c2)cc1)Cc1ccc(-c2ccccc2)cc1)c1ccccc1.CC.CC(N)c1ccccc1. The Morgan fingerprint density at radius 1 is 0.592 bits per heavy atom. The average Bonchev–Trinajstić information content (AvgIpc) is 3.75. The maximum Gasteiger partial charge on any atom is 0.0266 e. The Bertz CT molecular complexity index is 3090. The van der Waals surface area contributed by atoms with Gasteiger partial charge >= 0.3 is 0 Å². The van der Waals surface area contributed by atoms with Crippen molar-refractivity contribution in [3.63, 3.8) is 0 Å². The molecule has 2 atom stereocenters. The molecule has 0 saturated heterocycles. The first-order chi connectivity index (χ1) is 35.0. The van der Waals surface area contributed by atoms with Gasteiger partial charge in [0, 0.05) is 6.04 Å². The topological polar surface area (TPSA) is 26.0 Å². The van der Waals surface area contributed by atoms with Crippen LogP contribution in [0.25, 0.3) is 50.1 Å². The molecule has 11 rings (SSSR count). The zero-order chi connectivity index (χ0) is 49.2. The van der Waals surface area contributed by atoms with Crippen molar-refractivity contribution in [3.8, 4) is 33.4 Å². The van der Waals surface area contributed by atoms with Gasteiger partial charge < -0.3 is 5.73 Å². The molecule has 3 aliphatic rings. The average molecular weight is 922 g/mol. The molecule has 8 aromatic rings. The molecule has 1 heteroatoms. The van der Waals surface area contributed by atoms with E-state index in [1.165, 1.54) is 94.6 Å². The Labute approximate surface area is 424 Å². The Hall–Kier alpha value is -7.84. The fourth-order valence-corrected chi connectivity index (χ4v) is 9.39. The number of rotatable bonds is 15. The van der Waals surface area contributed by atoms with Crippen LogP contribution in [0.15, 0.2) is 267 Å². The molecule has 8 aromatic carbocycles. The number of aryl methyl sites for hydroxylation is 1. The summed E-state index contributed by atoms with van der Waals surface area (Å²) in [6, 6.07) is 72.4. The van der Waals surface area contributed by atoms with Crippen molar-refractivity contribution in [2.24, 2.45) is 11.7 Å². The van der Waals surface area contributed by atoms with Crippen molar-refractivity contribution in [1.82, 2.24) is 0 Å². The first kappa shape index (κ1) is 49.6. The lowest BCUT2D eigenvalue weighted by molar-refractivity contribution is 0.588. The highest BCUT2D eigenvalue weighted by molar-refractivity contribution is 6.06. The van der Waals surface area contributed by atoms with Crippen LogP contribution in [-0.4, -0.2) is 0 Å². The van der Waals surface area contributed by atoms with E-state index in [4.69, 9.17) is 5.73 Å². The van der Waals surface area contributed by atoms with Gasteiger partial charge in [-0.3, -0.25) is 0 Å². The third-order valence-corrected chi connectivity index (χ3v) is 13.3. The van der Waals surface area contributed by atoms with Crippen molar-refractivity contribution in [2.45, 2.75) is 58.9 Å². The van der Waals surface area contributed by atoms with Crippen LogP contribution in [0.1, 0.15) is 78.6 Å². The molecular formula is C70H67N. The van der Waals surface area contributed by atoms with Gasteiger partial charge in [0.05, 0.1) is 0 Å². The molecule has 71 heavy (non-hydrogen) atoms. The predicted octanol–water partition coefficient (Wildman–Crippen LogP) is 18.4. The molecule has 0 amide bonds. The number of allylic oxidation sites excluding steroid dienone is 13. The summed E-state index contributed by atoms with van der Waals surface area (Å²) < 4.78 is 0. The fourth-order valence-electron chi connectivity index (χ4n) is 9.39. The van der Waals surface area contributed by atoms with E-state index in [-0.39, 0.29) is 6.04 Å². The van der Waals surface area contributed by atoms with Crippen LogP contribution in [-0.2, 0) is 19.3 Å². The summed E-state index contributed by atoms with van der Waals surface area (Å²) in [5.74, 6) is 0.367. The van der Waals surface area contributed by atoms with E-state index in [0.717, 1.165) is 32.1 Å². The lowest BCUT2D eigenvalue weighted by Gasteiger charge is -2.15. The highest BCUT2D eigenvalue weighted by atomic mass is 14.6. The third-order valence-electron chi connectivity index (χ3n) is 13.3. The molecule has 0 aliphatic heterocycles. The molecule has 352 valence electrons. The number of nitrogens with two attached hydrogens (primary N) is 1. The van der Waals surface area contributed by atoms with Gasteiger partial charge in [0.25, 0.3) is 0 Å². The quantitative estimate of drug-likeness (QED) is 0.102. The van der Waals surface area contributed by atoms with E-state index in [0.29, 0.717) is 5.92 Å². The second kappa shape index (κ2) is 25.1. The summed E-state index contributed by atoms with van der Waals surface area (Å²) in [6.45, 7) is 9.99. The molecule has 2 bridgehead atoms. The van der Waals surface area contributed by atoms with E-state index in [9.17, 15) is 0 Å². The summed E-state index contributed by atoms with van der Waals surface area (Å²) in [5.41, 5.74) is 27.6. The molecular weight excluding hydrogens is 855 g/mol. The summed E-state index contributed by atoms with van der Waals surface area (Å²) in [4.78, 5) is 0.